The molecule has 0 saturated carbocycles. The predicted octanol–water partition coefficient (Wildman–Crippen LogP) is -4.84. The van der Waals surface area contributed by atoms with E-state index in [1.807, 2.05) is 0 Å². The van der Waals surface area contributed by atoms with Crippen molar-refractivity contribution in [3.8, 4) is 0 Å². The number of carbonyl (C=O) groups is 1. The second-order valence-electron chi connectivity index (χ2n) is 2.59. The molecule has 0 aromatic rings. The second kappa shape index (κ2) is 4.57. The molecule has 0 aromatic heterocycles. The van der Waals surface area contributed by atoms with Crippen LogP contribution in [0, 0.1) is 0 Å². The number of quaternary nitrogens is 1. The van der Waals surface area contributed by atoms with Crippen LogP contribution in [-0.2, 0) is 9.36 Å². The first-order valence-electron chi connectivity index (χ1n) is 3.33. The van der Waals surface area contributed by atoms with Gasteiger partial charge in [0, 0.05) is 6.16 Å². The Bertz CT molecular complexity index is 200. The average Bonchev–Trinajstić information content (AvgIpc) is 1.80. The van der Waals surface area contributed by atoms with Crippen LogP contribution in [0.4, 0.5) is 0 Å². The minimum atomic E-state index is -4.50. The Labute approximate surface area is 70.0 Å². The molecule has 0 aliphatic carbocycles. The van der Waals surface area contributed by atoms with E-state index in [1.165, 1.54) is 7.05 Å². The van der Waals surface area contributed by atoms with E-state index in [4.69, 9.17) is 0 Å². The molecule has 0 radical (unpaired) electrons. The van der Waals surface area contributed by atoms with Gasteiger partial charge in [0.1, 0.15) is 6.54 Å². The summed E-state index contributed by atoms with van der Waals surface area (Å²) < 4.78 is 10.1. The molecule has 0 saturated heterocycles. The topological polar surface area (TPSA) is 108 Å². The van der Waals surface area contributed by atoms with Crippen LogP contribution in [0.5, 0.6) is 0 Å². The zero-order valence-electron chi connectivity index (χ0n) is 6.61. The van der Waals surface area contributed by atoms with E-state index in [-0.39, 0.29) is 13.1 Å². The van der Waals surface area contributed by atoms with Crippen LogP contribution in [0.1, 0.15) is 0 Å². The Hall–Kier alpha value is -0.420. The quantitative estimate of drug-likeness (QED) is 0.442. The standard InChI is InChI=1S/C5H12NO5P/c1-6(4-5(7)8)2-3-12(9,10)11/h2-4H2,1H3,(H,7,8)(H2,9,10,11)/p-2. The van der Waals surface area contributed by atoms with Gasteiger partial charge in [0.05, 0.1) is 19.6 Å². The van der Waals surface area contributed by atoms with Gasteiger partial charge in [-0.05, 0) is 0 Å². The molecule has 0 heterocycles. The number of hydrogen-bond acceptors (Lipinski definition) is 5. The second-order valence-corrected chi connectivity index (χ2v) is 4.26. The number of carbonyl (C=O) groups excluding carboxylic acids is 1. The zero-order valence-corrected chi connectivity index (χ0v) is 7.50. The third-order valence-corrected chi connectivity index (χ3v) is 2.03. The molecule has 0 bridgehead atoms. The van der Waals surface area contributed by atoms with Gasteiger partial charge in [-0.3, -0.25) is 0 Å². The van der Waals surface area contributed by atoms with Crippen LogP contribution in [-0.4, -0.2) is 32.3 Å². The summed E-state index contributed by atoms with van der Waals surface area (Å²) in [5.74, 6) is -1.26. The van der Waals surface area contributed by atoms with Crippen molar-refractivity contribution in [3.63, 3.8) is 0 Å². The molecule has 0 aliphatic rings. The Kier molecular flexibility index (Phi) is 4.41. The van der Waals surface area contributed by atoms with Crippen molar-refractivity contribution >= 4 is 13.6 Å². The van der Waals surface area contributed by atoms with Gasteiger partial charge < -0.3 is 29.2 Å². The molecule has 0 aromatic carbocycles. The lowest BCUT2D eigenvalue weighted by molar-refractivity contribution is -0.871. The highest BCUT2D eigenvalue weighted by molar-refractivity contribution is 7.48. The monoisotopic (exact) mass is 195 g/mol. The fraction of sp³-hybridized carbons (Fsp3) is 0.800. The smallest absolute Gasteiger partial charge is 0.117 e. The van der Waals surface area contributed by atoms with E-state index in [9.17, 15) is 24.3 Å². The SMILES string of the molecule is C[NH+](CCP(=O)([O-])[O-])CC(=O)[O-]. The number of rotatable bonds is 5. The van der Waals surface area contributed by atoms with E-state index >= 15 is 0 Å². The third-order valence-electron chi connectivity index (χ3n) is 1.26. The lowest BCUT2D eigenvalue weighted by atomic mass is 10.5. The van der Waals surface area contributed by atoms with Gasteiger partial charge in [-0.2, -0.15) is 0 Å². The molecule has 1 N–H and O–H groups in total. The Morgan fingerprint density at radius 1 is 1.50 bits per heavy atom. The van der Waals surface area contributed by atoms with Gasteiger partial charge in [-0.25, -0.2) is 0 Å². The largest absolute Gasteiger partial charge is 0.811 e. The van der Waals surface area contributed by atoms with Crippen LogP contribution >= 0.6 is 7.60 Å². The number of aliphatic carboxylic acids is 1. The number of nitrogens with one attached hydrogen (secondary N) is 1. The fourth-order valence-corrected chi connectivity index (χ4v) is 1.32. The van der Waals surface area contributed by atoms with Crippen LogP contribution in [0.25, 0.3) is 0 Å². The van der Waals surface area contributed by atoms with E-state index in [0.717, 1.165) is 0 Å². The van der Waals surface area contributed by atoms with Crippen molar-refractivity contribution in [2.24, 2.45) is 0 Å². The van der Waals surface area contributed by atoms with Gasteiger partial charge >= 0.3 is 0 Å². The molecule has 0 spiro atoms. The van der Waals surface area contributed by atoms with Gasteiger partial charge in [0.15, 0.2) is 0 Å². The molecular weight excluding hydrogens is 185 g/mol. The van der Waals surface area contributed by atoms with Crippen molar-refractivity contribution < 1.29 is 29.2 Å². The van der Waals surface area contributed by atoms with Crippen LogP contribution in [0.3, 0.4) is 0 Å². The summed E-state index contributed by atoms with van der Waals surface area (Å²) in [6.07, 6.45) is -0.522. The summed E-state index contributed by atoms with van der Waals surface area (Å²) in [6, 6.07) is 0. The zero-order chi connectivity index (χ0) is 9.78. The van der Waals surface area contributed by atoms with Gasteiger partial charge in [-0.15, -0.1) is 0 Å². The minimum Gasteiger partial charge on any atom is -0.811 e. The maximum atomic E-state index is 10.1. The van der Waals surface area contributed by atoms with Gasteiger partial charge in [0.25, 0.3) is 0 Å². The van der Waals surface area contributed by atoms with Crippen LogP contribution in [0.15, 0.2) is 0 Å². The molecule has 0 rings (SSSR count). The number of carboxylic acid groups (broad SMARTS) is 1. The van der Waals surface area contributed by atoms with Gasteiger partial charge in [-0.1, -0.05) is 7.60 Å². The van der Waals surface area contributed by atoms with Crippen molar-refractivity contribution in [1.82, 2.24) is 0 Å². The molecule has 0 aliphatic heterocycles. The third kappa shape index (κ3) is 7.68. The first-order valence-corrected chi connectivity index (χ1v) is 5.06. The summed E-state index contributed by atoms with van der Waals surface area (Å²) in [6.45, 7) is -0.293. The molecular formula is C5H10NO5P-2. The maximum absolute atomic E-state index is 10.1. The molecule has 12 heavy (non-hydrogen) atoms. The summed E-state index contributed by atoms with van der Waals surface area (Å²) >= 11 is 0. The number of likely N-dealkylation sites (N-methyl/N-ethyl adjacent to an activating group) is 1. The summed E-state index contributed by atoms with van der Waals surface area (Å²) in [7, 11) is -3.02. The van der Waals surface area contributed by atoms with Crippen LogP contribution in [0.2, 0.25) is 0 Å². The van der Waals surface area contributed by atoms with Crippen molar-refractivity contribution in [1.29, 1.82) is 0 Å². The average molecular weight is 195 g/mol. The fourth-order valence-electron chi connectivity index (χ4n) is 0.663. The first-order chi connectivity index (χ1) is 5.31. The lowest BCUT2D eigenvalue weighted by Crippen LogP contribution is -3.10. The molecule has 1 unspecified atom stereocenters. The number of hydrogen-bond donors (Lipinski definition) is 1. The highest BCUT2D eigenvalue weighted by Crippen LogP contribution is 2.19. The van der Waals surface area contributed by atoms with Crippen molar-refractivity contribution in [2.75, 3.05) is 26.3 Å². The first kappa shape index (κ1) is 11.6. The van der Waals surface area contributed by atoms with E-state index in [0.29, 0.717) is 4.90 Å². The normalized spacial score (nSPS) is 14.2. The van der Waals surface area contributed by atoms with E-state index < -0.39 is 19.7 Å². The predicted molar refractivity (Wildman–Crippen MR) is 34.1 cm³/mol. The number of carboxylic acids is 1. The molecule has 72 valence electrons. The highest BCUT2D eigenvalue weighted by Gasteiger charge is 2.02. The summed E-state index contributed by atoms with van der Waals surface area (Å²) in [5.41, 5.74) is 0. The lowest BCUT2D eigenvalue weighted by Gasteiger charge is -2.30. The molecule has 6 nitrogen and oxygen atoms in total. The molecule has 0 amide bonds. The van der Waals surface area contributed by atoms with E-state index in [2.05, 4.69) is 0 Å². The molecule has 1 atom stereocenters. The minimum absolute atomic E-state index is 0.00173. The Morgan fingerprint density at radius 2 is 2.00 bits per heavy atom. The van der Waals surface area contributed by atoms with Crippen molar-refractivity contribution in [2.45, 2.75) is 0 Å². The molecule has 7 heteroatoms. The Balaban J connectivity index is 3.65. The molecule has 0 fully saturated rings. The maximum Gasteiger partial charge on any atom is 0.117 e. The van der Waals surface area contributed by atoms with Crippen LogP contribution < -0.4 is 19.8 Å². The van der Waals surface area contributed by atoms with Crippen molar-refractivity contribution in [3.05, 3.63) is 0 Å². The highest BCUT2D eigenvalue weighted by atomic mass is 31.2. The Morgan fingerprint density at radius 3 is 2.33 bits per heavy atom. The summed E-state index contributed by atoms with van der Waals surface area (Å²) in [5, 5.41) is 9.98. The van der Waals surface area contributed by atoms with E-state index in [1.54, 1.807) is 0 Å². The van der Waals surface area contributed by atoms with Gasteiger partial charge in [0.2, 0.25) is 0 Å². The summed E-state index contributed by atoms with van der Waals surface area (Å²) in [4.78, 5) is 30.6.